The molecule has 27 heavy (non-hydrogen) atoms. The highest BCUT2D eigenvalue weighted by molar-refractivity contribution is 5.95. The van der Waals surface area contributed by atoms with Gasteiger partial charge in [0.05, 0.1) is 17.5 Å². The summed E-state index contributed by atoms with van der Waals surface area (Å²) >= 11 is 0. The highest BCUT2D eigenvalue weighted by Gasteiger charge is 2.23. The molecule has 1 saturated carbocycles. The van der Waals surface area contributed by atoms with Gasteiger partial charge in [0.2, 0.25) is 0 Å². The molecule has 4 rings (SSSR count). The van der Waals surface area contributed by atoms with Gasteiger partial charge in [-0.2, -0.15) is 10.2 Å². The standard InChI is InChI=1S/C19H23N7O/c27-19(15-12-22-25-17(15)13-5-2-1-3-6-13)21-10-8-16-23-18(26-24-16)14-7-4-9-20-11-14/h4,7,9,11-13H,1-3,5-6,8,10H2,(H,21,27)(H,22,25)(H,23,24,26). The van der Waals surface area contributed by atoms with Crippen LogP contribution in [-0.4, -0.2) is 42.8 Å². The molecule has 3 heterocycles. The molecule has 0 atom stereocenters. The first kappa shape index (κ1) is 17.4. The molecule has 1 amide bonds. The molecule has 8 nitrogen and oxygen atoms in total. The van der Waals surface area contributed by atoms with Crippen molar-refractivity contribution in [1.82, 2.24) is 35.7 Å². The van der Waals surface area contributed by atoms with Gasteiger partial charge in [-0.1, -0.05) is 19.3 Å². The van der Waals surface area contributed by atoms with Gasteiger partial charge in [-0.3, -0.25) is 20.0 Å². The Labute approximate surface area is 157 Å². The second kappa shape index (κ2) is 8.11. The van der Waals surface area contributed by atoms with E-state index in [-0.39, 0.29) is 5.91 Å². The largest absolute Gasteiger partial charge is 0.351 e. The van der Waals surface area contributed by atoms with E-state index in [1.54, 1.807) is 18.6 Å². The monoisotopic (exact) mass is 365 g/mol. The first-order valence-electron chi connectivity index (χ1n) is 9.44. The number of nitrogens with one attached hydrogen (secondary N) is 3. The molecule has 3 aromatic heterocycles. The Bertz CT molecular complexity index is 880. The maximum absolute atomic E-state index is 12.6. The number of aromatic nitrogens is 6. The van der Waals surface area contributed by atoms with Crippen LogP contribution in [0.3, 0.4) is 0 Å². The van der Waals surface area contributed by atoms with Crippen molar-refractivity contribution < 1.29 is 4.79 Å². The average Bonchev–Trinajstić information content (AvgIpc) is 3.39. The predicted molar refractivity (Wildman–Crippen MR) is 100 cm³/mol. The lowest BCUT2D eigenvalue weighted by molar-refractivity contribution is 0.0952. The molecule has 0 unspecified atom stereocenters. The number of hydrogen-bond donors (Lipinski definition) is 3. The summed E-state index contributed by atoms with van der Waals surface area (Å²) in [5.41, 5.74) is 2.50. The van der Waals surface area contributed by atoms with E-state index >= 15 is 0 Å². The third kappa shape index (κ3) is 4.05. The zero-order valence-corrected chi connectivity index (χ0v) is 15.1. The highest BCUT2D eigenvalue weighted by atomic mass is 16.1. The number of hydrogen-bond acceptors (Lipinski definition) is 5. The van der Waals surface area contributed by atoms with Crippen molar-refractivity contribution in [3.63, 3.8) is 0 Å². The highest BCUT2D eigenvalue weighted by Crippen LogP contribution is 2.33. The van der Waals surface area contributed by atoms with Gasteiger partial charge >= 0.3 is 0 Å². The summed E-state index contributed by atoms with van der Waals surface area (Å²) in [7, 11) is 0. The normalized spacial score (nSPS) is 15.0. The Kier molecular flexibility index (Phi) is 5.22. The van der Waals surface area contributed by atoms with Gasteiger partial charge in [0.25, 0.3) is 5.91 Å². The Morgan fingerprint density at radius 1 is 1.19 bits per heavy atom. The molecule has 1 aliphatic rings. The van der Waals surface area contributed by atoms with Crippen LogP contribution in [0.5, 0.6) is 0 Å². The molecule has 1 aliphatic carbocycles. The van der Waals surface area contributed by atoms with Crippen LogP contribution in [0.4, 0.5) is 0 Å². The topological polar surface area (TPSA) is 112 Å². The van der Waals surface area contributed by atoms with Crippen molar-refractivity contribution in [1.29, 1.82) is 0 Å². The summed E-state index contributed by atoms with van der Waals surface area (Å²) in [6.45, 7) is 0.482. The van der Waals surface area contributed by atoms with Crippen molar-refractivity contribution in [2.75, 3.05) is 6.54 Å². The zero-order chi connectivity index (χ0) is 18.5. The van der Waals surface area contributed by atoms with E-state index in [1.165, 1.54) is 19.3 Å². The molecular formula is C19H23N7O. The molecule has 3 aromatic rings. The van der Waals surface area contributed by atoms with E-state index in [4.69, 9.17) is 0 Å². The molecule has 0 aromatic carbocycles. The first-order valence-corrected chi connectivity index (χ1v) is 9.44. The minimum Gasteiger partial charge on any atom is -0.351 e. The summed E-state index contributed by atoms with van der Waals surface area (Å²) in [4.78, 5) is 21.1. The van der Waals surface area contributed by atoms with Crippen molar-refractivity contribution in [2.24, 2.45) is 0 Å². The fourth-order valence-corrected chi connectivity index (χ4v) is 3.60. The van der Waals surface area contributed by atoms with E-state index in [9.17, 15) is 4.79 Å². The second-order valence-electron chi connectivity index (χ2n) is 6.89. The maximum atomic E-state index is 12.6. The number of carbonyl (C=O) groups is 1. The van der Waals surface area contributed by atoms with E-state index in [2.05, 4.69) is 35.7 Å². The summed E-state index contributed by atoms with van der Waals surface area (Å²) < 4.78 is 0. The van der Waals surface area contributed by atoms with Crippen LogP contribution >= 0.6 is 0 Å². The quantitative estimate of drug-likeness (QED) is 0.621. The molecule has 8 heteroatoms. The SMILES string of the molecule is O=C(NCCc1nc(-c2cccnc2)n[nH]1)c1cn[nH]c1C1CCCCC1. The summed E-state index contributed by atoms with van der Waals surface area (Å²) in [6, 6.07) is 3.76. The minimum absolute atomic E-state index is 0.0867. The summed E-state index contributed by atoms with van der Waals surface area (Å²) in [6.07, 6.45) is 11.6. The van der Waals surface area contributed by atoms with Crippen LogP contribution in [-0.2, 0) is 6.42 Å². The minimum atomic E-state index is -0.0867. The summed E-state index contributed by atoms with van der Waals surface area (Å²) in [5, 5.41) is 17.2. The fraction of sp³-hybridized carbons (Fsp3) is 0.421. The predicted octanol–water partition coefficient (Wildman–Crippen LogP) is 2.61. The molecule has 3 N–H and O–H groups in total. The van der Waals surface area contributed by atoms with Crippen molar-refractivity contribution in [3.05, 3.63) is 47.8 Å². The van der Waals surface area contributed by atoms with Gasteiger partial charge in [-0.05, 0) is 25.0 Å². The molecule has 0 bridgehead atoms. The van der Waals surface area contributed by atoms with Gasteiger partial charge in [-0.25, -0.2) is 4.98 Å². The third-order valence-electron chi connectivity index (χ3n) is 5.03. The van der Waals surface area contributed by atoms with E-state index in [0.29, 0.717) is 30.3 Å². The number of amides is 1. The van der Waals surface area contributed by atoms with Crippen molar-refractivity contribution >= 4 is 5.91 Å². The Balaban J connectivity index is 1.33. The van der Waals surface area contributed by atoms with Crippen LogP contribution < -0.4 is 5.32 Å². The molecule has 0 radical (unpaired) electrons. The lowest BCUT2D eigenvalue weighted by Gasteiger charge is -2.21. The number of carbonyl (C=O) groups excluding carboxylic acids is 1. The number of aromatic amines is 2. The maximum Gasteiger partial charge on any atom is 0.254 e. The number of nitrogens with zero attached hydrogens (tertiary/aromatic N) is 4. The van der Waals surface area contributed by atoms with Gasteiger partial charge < -0.3 is 5.32 Å². The smallest absolute Gasteiger partial charge is 0.254 e. The first-order chi connectivity index (χ1) is 13.3. The van der Waals surface area contributed by atoms with E-state index < -0.39 is 0 Å². The fourth-order valence-electron chi connectivity index (χ4n) is 3.60. The van der Waals surface area contributed by atoms with Crippen LogP contribution in [0.1, 0.15) is 59.9 Å². The van der Waals surface area contributed by atoms with Gasteiger partial charge in [0.1, 0.15) is 5.82 Å². The molecule has 1 fully saturated rings. The second-order valence-corrected chi connectivity index (χ2v) is 6.89. The molecule has 140 valence electrons. The Morgan fingerprint density at radius 3 is 2.89 bits per heavy atom. The lowest BCUT2D eigenvalue weighted by Crippen LogP contribution is -2.27. The summed E-state index contributed by atoms with van der Waals surface area (Å²) in [5.74, 6) is 1.67. The molecular weight excluding hydrogens is 342 g/mol. The van der Waals surface area contributed by atoms with Gasteiger partial charge in [-0.15, -0.1) is 0 Å². The van der Waals surface area contributed by atoms with Crippen molar-refractivity contribution in [2.45, 2.75) is 44.4 Å². The Hall–Kier alpha value is -3.03. The molecule has 0 spiro atoms. The van der Waals surface area contributed by atoms with Crippen molar-refractivity contribution in [3.8, 4) is 11.4 Å². The van der Waals surface area contributed by atoms with Crippen LogP contribution in [0, 0.1) is 0 Å². The number of rotatable bonds is 6. The number of pyridine rings is 1. The van der Waals surface area contributed by atoms with Crippen LogP contribution in [0.25, 0.3) is 11.4 Å². The number of H-pyrrole nitrogens is 2. The lowest BCUT2D eigenvalue weighted by atomic mass is 9.85. The van der Waals surface area contributed by atoms with E-state index in [1.807, 2.05) is 12.1 Å². The molecule has 0 aliphatic heterocycles. The van der Waals surface area contributed by atoms with Crippen LogP contribution in [0.2, 0.25) is 0 Å². The van der Waals surface area contributed by atoms with E-state index in [0.717, 1.165) is 29.9 Å². The van der Waals surface area contributed by atoms with Gasteiger partial charge in [0, 0.05) is 36.8 Å². The Morgan fingerprint density at radius 2 is 2.07 bits per heavy atom. The zero-order valence-electron chi connectivity index (χ0n) is 15.1. The van der Waals surface area contributed by atoms with Crippen LogP contribution in [0.15, 0.2) is 30.7 Å². The average molecular weight is 365 g/mol. The molecule has 0 saturated heterocycles. The third-order valence-corrected chi connectivity index (χ3v) is 5.03. The van der Waals surface area contributed by atoms with Gasteiger partial charge in [0.15, 0.2) is 5.82 Å².